The Morgan fingerprint density at radius 3 is 2.95 bits per heavy atom. The van der Waals surface area contributed by atoms with Gasteiger partial charge in [0.2, 0.25) is 0 Å². The third-order valence-corrected chi connectivity index (χ3v) is 3.93. The zero-order valence-electron chi connectivity index (χ0n) is 11.8. The maximum atomic E-state index is 12.3. The Kier molecular flexibility index (Phi) is 4.77. The third-order valence-electron chi connectivity index (χ3n) is 3.93. The van der Waals surface area contributed by atoms with E-state index in [1.54, 1.807) is 25.5 Å². The first-order valence-corrected chi connectivity index (χ1v) is 7.13. The van der Waals surface area contributed by atoms with E-state index in [2.05, 4.69) is 22.5 Å². The molecule has 0 radical (unpaired) electrons. The van der Waals surface area contributed by atoms with Gasteiger partial charge in [-0.1, -0.05) is 19.8 Å². The molecule has 2 atom stereocenters. The molecule has 4 heteroatoms. The Morgan fingerprint density at radius 1 is 1.32 bits per heavy atom. The normalized spacial score (nSPS) is 23.5. The van der Waals surface area contributed by atoms with Crippen molar-refractivity contribution in [3.8, 4) is 0 Å². The van der Waals surface area contributed by atoms with E-state index >= 15 is 0 Å². The van der Waals surface area contributed by atoms with Crippen LogP contribution in [-0.4, -0.2) is 24.0 Å². The highest BCUT2D eigenvalue weighted by molar-refractivity contribution is 5.99. The van der Waals surface area contributed by atoms with Gasteiger partial charge >= 0.3 is 0 Å². The molecule has 2 N–H and O–H groups in total. The number of anilines is 1. The molecule has 1 aliphatic carbocycles. The third kappa shape index (κ3) is 3.69. The van der Waals surface area contributed by atoms with Crippen LogP contribution >= 0.6 is 0 Å². The molecule has 1 aromatic heterocycles. The van der Waals surface area contributed by atoms with E-state index in [9.17, 15) is 4.79 Å². The van der Waals surface area contributed by atoms with Crippen molar-refractivity contribution in [3.05, 3.63) is 24.0 Å². The standard InChI is InChI=1S/C15H23N3O/c1-11-4-3-5-12(7-6-11)18-15(19)13-8-9-17-10-14(13)16-2/h8-12,16H,3-7H2,1-2H3,(H,18,19). The molecule has 1 amide bonds. The summed E-state index contributed by atoms with van der Waals surface area (Å²) in [6, 6.07) is 2.08. The quantitative estimate of drug-likeness (QED) is 0.823. The van der Waals surface area contributed by atoms with Gasteiger partial charge in [0.25, 0.3) is 5.91 Å². The molecule has 0 bridgehead atoms. The summed E-state index contributed by atoms with van der Waals surface area (Å²) in [4.78, 5) is 16.3. The zero-order chi connectivity index (χ0) is 13.7. The van der Waals surface area contributed by atoms with Gasteiger partial charge in [0.05, 0.1) is 17.4 Å². The number of amides is 1. The summed E-state index contributed by atoms with van der Waals surface area (Å²) in [5, 5.41) is 6.17. The lowest BCUT2D eigenvalue weighted by Gasteiger charge is -2.17. The lowest BCUT2D eigenvalue weighted by atomic mass is 10.0. The predicted octanol–water partition coefficient (Wildman–Crippen LogP) is 2.82. The highest BCUT2D eigenvalue weighted by atomic mass is 16.1. The summed E-state index contributed by atoms with van der Waals surface area (Å²) in [6.45, 7) is 2.30. The van der Waals surface area contributed by atoms with Gasteiger partial charge in [-0.2, -0.15) is 0 Å². The van der Waals surface area contributed by atoms with Crippen molar-refractivity contribution < 1.29 is 4.79 Å². The van der Waals surface area contributed by atoms with E-state index in [1.165, 1.54) is 19.3 Å². The predicted molar refractivity (Wildman–Crippen MR) is 77.3 cm³/mol. The molecule has 1 fully saturated rings. The van der Waals surface area contributed by atoms with Gasteiger partial charge in [0.15, 0.2) is 0 Å². The molecular weight excluding hydrogens is 238 g/mol. The molecule has 2 rings (SSSR count). The number of aromatic nitrogens is 1. The fourth-order valence-corrected chi connectivity index (χ4v) is 2.69. The van der Waals surface area contributed by atoms with Gasteiger partial charge in [-0.05, 0) is 31.2 Å². The molecule has 1 heterocycles. The van der Waals surface area contributed by atoms with Crippen LogP contribution in [0.3, 0.4) is 0 Å². The summed E-state index contributed by atoms with van der Waals surface area (Å²) in [5.41, 5.74) is 1.46. The lowest BCUT2D eigenvalue weighted by Crippen LogP contribution is -2.34. The maximum Gasteiger partial charge on any atom is 0.253 e. The van der Waals surface area contributed by atoms with Crippen LogP contribution in [0.2, 0.25) is 0 Å². The molecule has 0 saturated heterocycles. The SMILES string of the molecule is CNc1cnccc1C(=O)NC1CCCC(C)CC1. The van der Waals surface area contributed by atoms with Crippen LogP contribution in [0.1, 0.15) is 49.4 Å². The average Bonchev–Trinajstić information content (AvgIpc) is 2.63. The monoisotopic (exact) mass is 261 g/mol. The number of pyridine rings is 1. The van der Waals surface area contributed by atoms with Crippen molar-refractivity contribution in [1.82, 2.24) is 10.3 Å². The first kappa shape index (κ1) is 13.8. The van der Waals surface area contributed by atoms with Gasteiger partial charge in [-0.25, -0.2) is 0 Å². The van der Waals surface area contributed by atoms with E-state index in [1.807, 2.05) is 0 Å². The molecule has 0 spiro atoms. The van der Waals surface area contributed by atoms with Gasteiger partial charge in [0, 0.05) is 19.3 Å². The van der Waals surface area contributed by atoms with Crippen LogP contribution in [0.25, 0.3) is 0 Å². The Bertz CT molecular complexity index is 433. The Labute approximate surface area is 115 Å². The molecule has 19 heavy (non-hydrogen) atoms. The maximum absolute atomic E-state index is 12.3. The van der Waals surface area contributed by atoms with Crippen molar-refractivity contribution in [1.29, 1.82) is 0 Å². The highest BCUT2D eigenvalue weighted by Gasteiger charge is 2.19. The molecule has 0 aliphatic heterocycles. The smallest absolute Gasteiger partial charge is 0.253 e. The number of nitrogens with zero attached hydrogens (tertiary/aromatic N) is 1. The van der Waals surface area contributed by atoms with Crippen molar-refractivity contribution in [2.75, 3.05) is 12.4 Å². The van der Waals surface area contributed by atoms with Crippen LogP contribution in [-0.2, 0) is 0 Å². The fourth-order valence-electron chi connectivity index (χ4n) is 2.69. The highest BCUT2D eigenvalue weighted by Crippen LogP contribution is 2.23. The van der Waals surface area contributed by atoms with Gasteiger partial charge in [-0.3, -0.25) is 9.78 Å². The van der Waals surface area contributed by atoms with Crippen LogP contribution in [0.4, 0.5) is 5.69 Å². The Balaban J connectivity index is 2.00. The van der Waals surface area contributed by atoms with Crippen molar-refractivity contribution in [2.45, 2.75) is 45.1 Å². The van der Waals surface area contributed by atoms with E-state index in [0.717, 1.165) is 24.4 Å². The summed E-state index contributed by atoms with van der Waals surface area (Å²) in [7, 11) is 1.81. The Hall–Kier alpha value is -1.58. The lowest BCUT2D eigenvalue weighted by molar-refractivity contribution is 0.0934. The number of hydrogen-bond acceptors (Lipinski definition) is 3. The van der Waals surface area contributed by atoms with E-state index in [0.29, 0.717) is 11.6 Å². The second kappa shape index (κ2) is 6.55. The number of carbonyl (C=O) groups excluding carboxylic acids is 1. The first-order chi connectivity index (χ1) is 9.20. The van der Waals surface area contributed by atoms with Gasteiger partial charge in [-0.15, -0.1) is 0 Å². The van der Waals surface area contributed by atoms with Crippen molar-refractivity contribution >= 4 is 11.6 Å². The van der Waals surface area contributed by atoms with Gasteiger partial charge < -0.3 is 10.6 Å². The summed E-state index contributed by atoms with van der Waals surface area (Å²) >= 11 is 0. The second-order valence-electron chi connectivity index (χ2n) is 5.46. The Morgan fingerprint density at radius 2 is 2.16 bits per heavy atom. The van der Waals surface area contributed by atoms with Crippen molar-refractivity contribution in [2.24, 2.45) is 5.92 Å². The topological polar surface area (TPSA) is 54.0 Å². The van der Waals surface area contributed by atoms with E-state index < -0.39 is 0 Å². The number of carbonyl (C=O) groups is 1. The minimum Gasteiger partial charge on any atom is -0.386 e. The van der Waals surface area contributed by atoms with E-state index in [4.69, 9.17) is 0 Å². The van der Waals surface area contributed by atoms with Crippen LogP contribution in [0.15, 0.2) is 18.5 Å². The molecule has 4 nitrogen and oxygen atoms in total. The molecule has 1 aromatic rings. The number of nitrogens with one attached hydrogen (secondary N) is 2. The van der Waals surface area contributed by atoms with Crippen LogP contribution in [0.5, 0.6) is 0 Å². The van der Waals surface area contributed by atoms with Crippen LogP contribution in [0, 0.1) is 5.92 Å². The molecule has 1 aliphatic rings. The summed E-state index contributed by atoms with van der Waals surface area (Å²) in [5.74, 6) is 0.794. The molecule has 2 unspecified atom stereocenters. The first-order valence-electron chi connectivity index (χ1n) is 7.13. The number of hydrogen-bond donors (Lipinski definition) is 2. The van der Waals surface area contributed by atoms with Crippen molar-refractivity contribution in [3.63, 3.8) is 0 Å². The molecule has 0 aromatic carbocycles. The number of rotatable bonds is 3. The largest absolute Gasteiger partial charge is 0.386 e. The van der Waals surface area contributed by atoms with Gasteiger partial charge in [0.1, 0.15) is 0 Å². The average molecular weight is 261 g/mol. The van der Waals surface area contributed by atoms with Crippen LogP contribution < -0.4 is 10.6 Å². The van der Waals surface area contributed by atoms with E-state index in [-0.39, 0.29) is 5.91 Å². The summed E-state index contributed by atoms with van der Waals surface area (Å²) < 4.78 is 0. The summed E-state index contributed by atoms with van der Waals surface area (Å²) in [6.07, 6.45) is 9.23. The zero-order valence-corrected chi connectivity index (χ0v) is 11.8. The minimum absolute atomic E-state index is 0.00584. The molecule has 1 saturated carbocycles. The molecule has 104 valence electrons. The second-order valence-corrected chi connectivity index (χ2v) is 5.46. The fraction of sp³-hybridized carbons (Fsp3) is 0.600. The molecular formula is C15H23N3O. The minimum atomic E-state index is 0.00584.